The number of piperazine rings is 1. The lowest BCUT2D eigenvalue weighted by Crippen LogP contribution is -2.49. The highest BCUT2D eigenvalue weighted by atomic mass is 19.4. The summed E-state index contributed by atoms with van der Waals surface area (Å²) < 4.78 is 37.7. The average molecular weight is 259 g/mol. The molecule has 0 radical (unpaired) electrons. The minimum Gasteiger partial charge on any atom is -0.296 e. The molecule has 0 bridgehead atoms. The van der Waals surface area contributed by atoms with E-state index < -0.39 is 11.7 Å². The van der Waals surface area contributed by atoms with Gasteiger partial charge in [-0.3, -0.25) is 14.6 Å². The summed E-state index contributed by atoms with van der Waals surface area (Å²) in [6, 6.07) is 1.80. The second-order valence-corrected chi connectivity index (χ2v) is 4.18. The van der Waals surface area contributed by atoms with Gasteiger partial charge in [-0.1, -0.05) is 0 Å². The van der Waals surface area contributed by atoms with Crippen LogP contribution >= 0.6 is 0 Å². The van der Waals surface area contributed by atoms with Crippen molar-refractivity contribution in [2.24, 2.45) is 0 Å². The van der Waals surface area contributed by atoms with Crippen LogP contribution in [0.15, 0.2) is 18.3 Å². The van der Waals surface area contributed by atoms with Crippen LogP contribution in [-0.4, -0.2) is 42.5 Å². The van der Waals surface area contributed by atoms with Crippen molar-refractivity contribution in [1.29, 1.82) is 0 Å². The number of alkyl halides is 3. The molecule has 1 amide bonds. The summed E-state index contributed by atoms with van der Waals surface area (Å²) in [5.41, 5.74) is -0.792. The first-order valence-electron chi connectivity index (χ1n) is 5.40. The van der Waals surface area contributed by atoms with Gasteiger partial charge in [-0.2, -0.15) is 13.2 Å². The molecular weight excluding hydrogens is 247 g/mol. The Morgan fingerprint density at radius 1 is 1.33 bits per heavy atom. The Morgan fingerprint density at radius 3 is 2.67 bits per heavy atom. The summed E-state index contributed by atoms with van der Waals surface area (Å²) in [6.07, 6.45) is -3.35. The van der Waals surface area contributed by atoms with E-state index in [1.807, 2.05) is 4.90 Å². The minimum absolute atomic E-state index is 0.0583. The highest BCUT2D eigenvalue weighted by molar-refractivity contribution is 5.94. The highest BCUT2D eigenvalue weighted by Crippen LogP contribution is 2.30. The zero-order valence-electron chi connectivity index (χ0n) is 9.74. The van der Waals surface area contributed by atoms with Crippen molar-refractivity contribution in [3.63, 3.8) is 0 Å². The smallest absolute Gasteiger partial charge is 0.296 e. The van der Waals surface area contributed by atoms with Crippen LogP contribution in [0.5, 0.6) is 0 Å². The molecule has 0 aromatic carbocycles. The van der Waals surface area contributed by atoms with Crippen LogP contribution in [0.2, 0.25) is 0 Å². The van der Waals surface area contributed by atoms with E-state index in [0.717, 1.165) is 18.3 Å². The van der Waals surface area contributed by atoms with E-state index >= 15 is 0 Å². The SMILES string of the molecule is CN1CCN(c2cc(C(F)(F)F)ccn2)C(=O)C1. The van der Waals surface area contributed by atoms with Crippen molar-refractivity contribution in [2.75, 3.05) is 31.6 Å². The van der Waals surface area contributed by atoms with E-state index in [1.165, 1.54) is 4.90 Å². The second kappa shape index (κ2) is 4.56. The highest BCUT2D eigenvalue weighted by Gasteiger charge is 2.32. The lowest BCUT2D eigenvalue weighted by Gasteiger charge is -2.31. The molecule has 1 aromatic heterocycles. The summed E-state index contributed by atoms with van der Waals surface area (Å²) in [7, 11) is 1.79. The molecule has 0 saturated carbocycles. The standard InChI is InChI=1S/C11H12F3N3O/c1-16-4-5-17(10(18)7-16)9-6-8(2-3-15-9)11(12,13)14/h2-3,6H,4-5,7H2,1H3. The topological polar surface area (TPSA) is 36.4 Å². The van der Waals surface area contributed by atoms with Crippen molar-refractivity contribution < 1.29 is 18.0 Å². The zero-order chi connectivity index (χ0) is 13.3. The third-order valence-electron chi connectivity index (χ3n) is 2.76. The van der Waals surface area contributed by atoms with Crippen LogP contribution in [-0.2, 0) is 11.0 Å². The summed E-state index contributed by atoms with van der Waals surface area (Å²) >= 11 is 0. The molecule has 7 heteroatoms. The van der Waals surface area contributed by atoms with E-state index in [-0.39, 0.29) is 18.3 Å². The molecule has 1 aliphatic heterocycles. The largest absolute Gasteiger partial charge is 0.416 e. The number of carbonyl (C=O) groups excluding carboxylic acids is 1. The van der Waals surface area contributed by atoms with Gasteiger partial charge in [0, 0.05) is 19.3 Å². The van der Waals surface area contributed by atoms with E-state index in [2.05, 4.69) is 4.98 Å². The van der Waals surface area contributed by atoms with Gasteiger partial charge >= 0.3 is 6.18 Å². The van der Waals surface area contributed by atoms with Crippen molar-refractivity contribution in [3.05, 3.63) is 23.9 Å². The van der Waals surface area contributed by atoms with E-state index in [9.17, 15) is 18.0 Å². The van der Waals surface area contributed by atoms with Gasteiger partial charge in [0.1, 0.15) is 5.82 Å². The molecule has 1 saturated heterocycles. The molecule has 0 unspecified atom stereocenters. The first-order valence-corrected chi connectivity index (χ1v) is 5.40. The number of hydrogen-bond acceptors (Lipinski definition) is 3. The van der Waals surface area contributed by atoms with Crippen LogP contribution in [0.25, 0.3) is 0 Å². The van der Waals surface area contributed by atoms with E-state index in [0.29, 0.717) is 13.1 Å². The molecular formula is C11H12F3N3O. The Hall–Kier alpha value is -1.63. The lowest BCUT2D eigenvalue weighted by atomic mass is 10.2. The molecule has 1 fully saturated rings. The molecule has 2 rings (SSSR count). The zero-order valence-corrected chi connectivity index (χ0v) is 9.74. The predicted molar refractivity (Wildman–Crippen MR) is 59.1 cm³/mol. The monoisotopic (exact) mass is 259 g/mol. The summed E-state index contributed by atoms with van der Waals surface area (Å²) in [6.45, 7) is 1.16. The molecule has 1 aromatic rings. The summed E-state index contributed by atoms with van der Waals surface area (Å²) in [4.78, 5) is 18.7. The van der Waals surface area contributed by atoms with Crippen LogP contribution < -0.4 is 4.90 Å². The third-order valence-corrected chi connectivity index (χ3v) is 2.76. The van der Waals surface area contributed by atoms with Gasteiger partial charge in [0.15, 0.2) is 0 Å². The van der Waals surface area contributed by atoms with Crippen LogP contribution in [0.4, 0.5) is 19.0 Å². The maximum absolute atomic E-state index is 12.6. The summed E-state index contributed by atoms with van der Waals surface area (Å²) in [5.74, 6) is -0.182. The average Bonchev–Trinajstić information content (AvgIpc) is 2.28. The Bertz CT molecular complexity index is 461. The molecule has 98 valence electrons. The Morgan fingerprint density at radius 2 is 2.06 bits per heavy atom. The number of likely N-dealkylation sites (N-methyl/N-ethyl adjacent to an activating group) is 1. The Balaban J connectivity index is 2.26. The van der Waals surface area contributed by atoms with Crippen molar-refractivity contribution in [2.45, 2.75) is 6.18 Å². The van der Waals surface area contributed by atoms with Gasteiger partial charge in [-0.05, 0) is 19.2 Å². The fourth-order valence-electron chi connectivity index (χ4n) is 1.78. The molecule has 18 heavy (non-hydrogen) atoms. The molecule has 4 nitrogen and oxygen atoms in total. The van der Waals surface area contributed by atoms with E-state index in [4.69, 9.17) is 0 Å². The number of pyridine rings is 1. The number of amides is 1. The normalized spacial score (nSPS) is 18.2. The number of nitrogens with zero attached hydrogens (tertiary/aromatic N) is 3. The minimum atomic E-state index is -4.42. The maximum atomic E-state index is 12.6. The Kier molecular flexibility index (Phi) is 3.25. The molecule has 0 aliphatic carbocycles. The molecule has 0 spiro atoms. The number of carbonyl (C=O) groups is 1. The molecule has 0 N–H and O–H groups in total. The molecule has 0 atom stereocenters. The lowest BCUT2D eigenvalue weighted by molar-refractivity contribution is -0.137. The van der Waals surface area contributed by atoms with Gasteiger partial charge in [0.2, 0.25) is 5.91 Å². The third kappa shape index (κ3) is 2.61. The van der Waals surface area contributed by atoms with E-state index in [1.54, 1.807) is 7.05 Å². The number of rotatable bonds is 1. The quantitative estimate of drug-likeness (QED) is 0.764. The fraction of sp³-hybridized carbons (Fsp3) is 0.455. The first-order chi connectivity index (χ1) is 8.38. The molecule has 2 heterocycles. The van der Waals surface area contributed by atoms with Crippen LogP contribution in [0, 0.1) is 0 Å². The van der Waals surface area contributed by atoms with Crippen molar-refractivity contribution >= 4 is 11.7 Å². The maximum Gasteiger partial charge on any atom is 0.416 e. The van der Waals surface area contributed by atoms with Crippen molar-refractivity contribution in [1.82, 2.24) is 9.88 Å². The molecule has 1 aliphatic rings. The van der Waals surface area contributed by atoms with Gasteiger partial charge in [-0.15, -0.1) is 0 Å². The number of anilines is 1. The summed E-state index contributed by atoms with van der Waals surface area (Å²) in [5, 5.41) is 0. The van der Waals surface area contributed by atoms with Crippen molar-refractivity contribution in [3.8, 4) is 0 Å². The second-order valence-electron chi connectivity index (χ2n) is 4.18. The van der Waals surface area contributed by atoms with Gasteiger partial charge in [0.05, 0.1) is 12.1 Å². The fourth-order valence-corrected chi connectivity index (χ4v) is 1.78. The Labute approximate surface area is 102 Å². The van der Waals surface area contributed by atoms with Crippen LogP contribution in [0.3, 0.4) is 0 Å². The van der Waals surface area contributed by atoms with Gasteiger partial charge < -0.3 is 0 Å². The first kappa shape index (κ1) is 12.8. The van der Waals surface area contributed by atoms with Gasteiger partial charge in [-0.25, -0.2) is 4.98 Å². The van der Waals surface area contributed by atoms with Gasteiger partial charge in [0.25, 0.3) is 0 Å². The van der Waals surface area contributed by atoms with Crippen LogP contribution in [0.1, 0.15) is 5.56 Å². The number of aromatic nitrogens is 1. The number of hydrogen-bond donors (Lipinski definition) is 0. The predicted octanol–water partition coefficient (Wildman–Crippen LogP) is 1.38. The number of halogens is 3.